The van der Waals surface area contributed by atoms with E-state index in [0.29, 0.717) is 11.5 Å². The van der Waals surface area contributed by atoms with E-state index in [-0.39, 0.29) is 0 Å². The van der Waals surface area contributed by atoms with Crippen molar-refractivity contribution in [2.75, 3.05) is 0 Å². The van der Waals surface area contributed by atoms with Gasteiger partial charge in [-0.2, -0.15) is 5.26 Å². The molecule has 0 atom stereocenters. The van der Waals surface area contributed by atoms with Crippen LogP contribution >= 0.6 is 0 Å². The summed E-state index contributed by atoms with van der Waals surface area (Å²) in [5.74, 6) is 0.634. The summed E-state index contributed by atoms with van der Waals surface area (Å²) >= 11 is 0. The molecule has 3 heteroatoms. The van der Waals surface area contributed by atoms with Crippen LogP contribution in [0.15, 0.2) is 24.3 Å². The van der Waals surface area contributed by atoms with Gasteiger partial charge in [0.1, 0.15) is 11.9 Å². The van der Waals surface area contributed by atoms with E-state index in [0.717, 1.165) is 10.9 Å². The number of fused-ring (bicyclic) bond motifs is 1. The number of nitrogens with zero attached hydrogens (tertiary/aromatic N) is 3. The summed E-state index contributed by atoms with van der Waals surface area (Å²) in [5.41, 5.74) is 1.27. The lowest BCUT2D eigenvalue weighted by molar-refractivity contribution is 1.07. The second-order valence-electron chi connectivity index (χ2n) is 2.75. The third-order valence-electron chi connectivity index (χ3n) is 1.82. The molecule has 1 heterocycles. The highest BCUT2D eigenvalue weighted by molar-refractivity contribution is 5.82. The molecule has 0 aliphatic heterocycles. The second-order valence-corrected chi connectivity index (χ2v) is 2.75. The molecule has 0 amide bonds. The van der Waals surface area contributed by atoms with Crippen molar-refractivity contribution in [2.24, 2.45) is 0 Å². The molecule has 0 spiro atoms. The van der Waals surface area contributed by atoms with E-state index in [2.05, 4.69) is 16.0 Å². The third kappa shape index (κ3) is 1.23. The van der Waals surface area contributed by atoms with Gasteiger partial charge in [0.15, 0.2) is 5.69 Å². The van der Waals surface area contributed by atoms with Crippen LogP contribution in [-0.4, -0.2) is 9.97 Å². The van der Waals surface area contributed by atoms with Gasteiger partial charge < -0.3 is 0 Å². The fourth-order valence-corrected chi connectivity index (χ4v) is 1.28. The minimum atomic E-state index is 0.447. The molecule has 0 aliphatic carbocycles. The zero-order valence-electron chi connectivity index (χ0n) is 7.15. The first kappa shape index (κ1) is 7.69. The zero-order chi connectivity index (χ0) is 9.26. The monoisotopic (exact) mass is 169 g/mol. The highest BCUT2D eigenvalue weighted by Gasteiger charge is 2.02. The fourth-order valence-electron chi connectivity index (χ4n) is 1.28. The number of hydrogen-bond acceptors (Lipinski definition) is 3. The van der Waals surface area contributed by atoms with Gasteiger partial charge in [0.05, 0.1) is 5.52 Å². The van der Waals surface area contributed by atoms with E-state index in [1.165, 1.54) is 0 Å². The van der Waals surface area contributed by atoms with Crippen molar-refractivity contribution in [2.45, 2.75) is 6.92 Å². The van der Waals surface area contributed by atoms with Crippen molar-refractivity contribution >= 4 is 10.9 Å². The maximum absolute atomic E-state index is 8.82. The van der Waals surface area contributed by atoms with Gasteiger partial charge in [0.25, 0.3) is 0 Å². The smallest absolute Gasteiger partial charge is 0.152 e. The lowest BCUT2D eigenvalue weighted by Gasteiger charge is -1.98. The van der Waals surface area contributed by atoms with Gasteiger partial charge in [0.2, 0.25) is 0 Å². The van der Waals surface area contributed by atoms with Crippen LogP contribution < -0.4 is 0 Å². The standard InChI is InChI=1S/C10H7N3/c1-7-12-9-5-3-2-4-8(9)10(6-11)13-7/h2-5H,1H3. The van der Waals surface area contributed by atoms with Gasteiger partial charge in [-0.15, -0.1) is 0 Å². The van der Waals surface area contributed by atoms with Crippen LogP contribution in [0.5, 0.6) is 0 Å². The molecule has 2 aromatic rings. The Kier molecular flexibility index (Phi) is 1.67. The van der Waals surface area contributed by atoms with Crippen LogP contribution in [0.25, 0.3) is 10.9 Å². The Morgan fingerprint density at radius 3 is 2.77 bits per heavy atom. The molecule has 0 fully saturated rings. The summed E-state index contributed by atoms with van der Waals surface area (Å²) in [6.45, 7) is 1.78. The quantitative estimate of drug-likeness (QED) is 0.604. The number of para-hydroxylation sites is 1. The first-order valence-electron chi connectivity index (χ1n) is 3.95. The largest absolute Gasteiger partial charge is 0.233 e. The van der Waals surface area contributed by atoms with E-state index in [9.17, 15) is 0 Å². The van der Waals surface area contributed by atoms with Gasteiger partial charge in [-0.25, -0.2) is 9.97 Å². The van der Waals surface area contributed by atoms with Crippen molar-refractivity contribution < 1.29 is 0 Å². The van der Waals surface area contributed by atoms with E-state index in [1.54, 1.807) is 6.92 Å². The van der Waals surface area contributed by atoms with Gasteiger partial charge in [-0.05, 0) is 19.1 Å². The highest BCUT2D eigenvalue weighted by atomic mass is 14.9. The van der Waals surface area contributed by atoms with Gasteiger partial charge in [0, 0.05) is 5.39 Å². The van der Waals surface area contributed by atoms with Crippen LogP contribution in [0.3, 0.4) is 0 Å². The summed E-state index contributed by atoms with van der Waals surface area (Å²) in [6, 6.07) is 9.57. The molecule has 0 N–H and O–H groups in total. The van der Waals surface area contributed by atoms with Crippen molar-refractivity contribution in [3.8, 4) is 6.07 Å². The maximum atomic E-state index is 8.82. The Bertz CT molecular complexity index is 497. The Morgan fingerprint density at radius 1 is 1.23 bits per heavy atom. The van der Waals surface area contributed by atoms with E-state index in [4.69, 9.17) is 5.26 Å². The molecule has 0 unspecified atom stereocenters. The Morgan fingerprint density at radius 2 is 2.00 bits per heavy atom. The van der Waals surface area contributed by atoms with Crippen molar-refractivity contribution in [1.29, 1.82) is 5.26 Å². The number of nitriles is 1. The Balaban J connectivity index is 2.91. The minimum Gasteiger partial charge on any atom is -0.233 e. The van der Waals surface area contributed by atoms with Crippen LogP contribution in [0.1, 0.15) is 11.5 Å². The third-order valence-corrected chi connectivity index (χ3v) is 1.82. The molecule has 0 saturated carbocycles. The van der Waals surface area contributed by atoms with Crippen LogP contribution in [0, 0.1) is 18.3 Å². The first-order chi connectivity index (χ1) is 6.31. The molecular formula is C10H7N3. The van der Waals surface area contributed by atoms with Crippen molar-refractivity contribution in [1.82, 2.24) is 9.97 Å². The predicted octanol–water partition coefficient (Wildman–Crippen LogP) is 1.81. The Labute approximate surface area is 75.7 Å². The summed E-state index contributed by atoms with van der Waals surface area (Å²) in [6.07, 6.45) is 0. The topological polar surface area (TPSA) is 49.6 Å². The first-order valence-corrected chi connectivity index (χ1v) is 3.95. The lowest BCUT2D eigenvalue weighted by atomic mass is 10.2. The molecular weight excluding hydrogens is 162 g/mol. The molecule has 0 bridgehead atoms. The highest BCUT2D eigenvalue weighted by Crippen LogP contribution is 2.13. The number of benzene rings is 1. The average Bonchev–Trinajstić information content (AvgIpc) is 2.16. The van der Waals surface area contributed by atoms with Crippen LogP contribution in [0.2, 0.25) is 0 Å². The molecule has 0 saturated heterocycles. The number of hydrogen-bond donors (Lipinski definition) is 0. The maximum Gasteiger partial charge on any atom is 0.152 e. The number of aryl methyl sites for hydroxylation is 1. The second kappa shape index (κ2) is 2.83. The number of rotatable bonds is 0. The molecule has 2 rings (SSSR count). The SMILES string of the molecule is Cc1nc(C#N)c2ccccc2n1. The van der Waals surface area contributed by atoms with E-state index >= 15 is 0 Å². The fraction of sp³-hybridized carbons (Fsp3) is 0.100. The summed E-state index contributed by atoms with van der Waals surface area (Å²) in [4.78, 5) is 8.27. The van der Waals surface area contributed by atoms with Gasteiger partial charge in [-0.1, -0.05) is 12.1 Å². The van der Waals surface area contributed by atoms with Crippen LogP contribution in [0.4, 0.5) is 0 Å². The molecule has 0 aliphatic rings. The normalized spacial score (nSPS) is 9.85. The Hall–Kier alpha value is -1.95. The average molecular weight is 169 g/mol. The molecule has 1 aromatic carbocycles. The van der Waals surface area contributed by atoms with Gasteiger partial charge >= 0.3 is 0 Å². The van der Waals surface area contributed by atoms with Crippen molar-refractivity contribution in [3.63, 3.8) is 0 Å². The summed E-state index contributed by atoms with van der Waals surface area (Å²) in [7, 11) is 0. The molecule has 62 valence electrons. The molecule has 0 radical (unpaired) electrons. The number of aromatic nitrogens is 2. The molecule has 13 heavy (non-hydrogen) atoms. The molecule has 1 aromatic heterocycles. The van der Waals surface area contributed by atoms with Crippen LogP contribution in [-0.2, 0) is 0 Å². The summed E-state index contributed by atoms with van der Waals surface area (Å²) < 4.78 is 0. The predicted molar refractivity (Wildman–Crippen MR) is 49.0 cm³/mol. The van der Waals surface area contributed by atoms with Gasteiger partial charge in [-0.3, -0.25) is 0 Å². The lowest BCUT2D eigenvalue weighted by Crippen LogP contribution is -1.93. The zero-order valence-corrected chi connectivity index (χ0v) is 7.15. The van der Waals surface area contributed by atoms with E-state index in [1.807, 2.05) is 24.3 Å². The molecule has 3 nitrogen and oxygen atoms in total. The summed E-state index contributed by atoms with van der Waals surface area (Å²) in [5, 5.41) is 9.64. The van der Waals surface area contributed by atoms with Crippen molar-refractivity contribution in [3.05, 3.63) is 35.8 Å². The van der Waals surface area contributed by atoms with E-state index < -0.39 is 0 Å². The minimum absolute atomic E-state index is 0.447.